The standard InChI is InChI=1S/C23H20N2O5S/c26-19(16-7-3-1-4-8-16)13-18-11-12-25(23(28)24-18)20-14-29-21(31-20)15-30-22(27)17-9-5-2-6-10-17/h1-12,20-21H,13-15H2/t20-,21-/m0/s1. The molecule has 1 aliphatic heterocycles. The zero-order valence-corrected chi connectivity index (χ0v) is 17.4. The van der Waals surface area contributed by atoms with E-state index in [1.165, 1.54) is 16.3 Å². The number of esters is 1. The van der Waals surface area contributed by atoms with Crippen LogP contribution in [0.3, 0.4) is 0 Å². The number of rotatable bonds is 7. The second-order valence-electron chi connectivity index (χ2n) is 6.89. The zero-order valence-electron chi connectivity index (χ0n) is 16.5. The molecule has 4 rings (SSSR count). The number of carbonyl (C=O) groups is 2. The fraction of sp³-hybridized carbons (Fsp3) is 0.217. The van der Waals surface area contributed by atoms with Gasteiger partial charge in [0.25, 0.3) is 0 Å². The molecule has 1 fully saturated rings. The highest BCUT2D eigenvalue weighted by atomic mass is 32.2. The first-order valence-corrected chi connectivity index (χ1v) is 10.7. The van der Waals surface area contributed by atoms with E-state index < -0.39 is 11.7 Å². The van der Waals surface area contributed by atoms with Gasteiger partial charge >= 0.3 is 11.7 Å². The number of hydrogen-bond donors (Lipinski definition) is 0. The van der Waals surface area contributed by atoms with Crippen LogP contribution in [-0.2, 0) is 15.9 Å². The molecule has 0 bridgehead atoms. The lowest BCUT2D eigenvalue weighted by atomic mass is 10.1. The summed E-state index contributed by atoms with van der Waals surface area (Å²) in [6, 6.07) is 19.3. The summed E-state index contributed by atoms with van der Waals surface area (Å²) in [5, 5.41) is -0.278. The van der Waals surface area contributed by atoms with Gasteiger partial charge in [0, 0.05) is 11.8 Å². The van der Waals surface area contributed by atoms with Crippen LogP contribution >= 0.6 is 11.8 Å². The predicted molar refractivity (Wildman–Crippen MR) is 116 cm³/mol. The molecule has 0 spiro atoms. The summed E-state index contributed by atoms with van der Waals surface area (Å²) in [4.78, 5) is 40.9. The van der Waals surface area contributed by atoms with Crippen LogP contribution in [0.5, 0.6) is 0 Å². The van der Waals surface area contributed by atoms with E-state index in [-0.39, 0.29) is 29.6 Å². The fourth-order valence-corrected chi connectivity index (χ4v) is 4.24. The average Bonchev–Trinajstić information content (AvgIpc) is 3.27. The second kappa shape index (κ2) is 9.72. The first-order chi connectivity index (χ1) is 15.1. The maximum Gasteiger partial charge on any atom is 0.348 e. The minimum Gasteiger partial charge on any atom is -0.458 e. The summed E-state index contributed by atoms with van der Waals surface area (Å²) < 4.78 is 12.4. The Morgan fingerprint density at radius 3 is 2.39 bits per heavy atom. The molecule has 8 heteroatoms. The Labute approximate surface area is 183 Å². The SMILES string of the molecule is O=C(Cc1ccn([C@@H]2CO[C@H](COC(=O)c3ccccc3)S2)c(=O)n1)c1ccccc1. The molecule has 0 saturated carbocycles. The molecule has 2 atom stereocenters. The van der Waals surface area contributed by atoms with Gasteiger partial charge in [0.15, 0.2) is 5.78 Å². The summed E-state index contributed by atoms with van der Waals surface area (Å²) >= 11 is 1.39. The molecule has 1 aromatic heterocycles. The average molecular weight is 436 g/mol. The third kappa shape index (κ3) is 5.28. The number of benzene rings is 2. The van der Waals surface area contributed by atoms with Crippen LogP contribution in [0.1, 0.15) is 31.8 Å². The molecular formula is C23H20N2O5S. The molecule has 2 aromatic carbocycles. The summed E-state index contributed by atoms with van der Waals surface area (Å²) in [6.45, 7) is 0.378. The molecule has 0 amide bonds. The van der Waals surface area contributed by atoms with Crippen LogP contribution in [0.2, 0.25) is 0 Å². The van der Waals surface area contributed by atoms with Crippen LogP contribution in [0, 0.1) is 0 Å². The van der Waals surface area contributed by atoms with E-state index >= 15 is 0 Å². The first-order valence-electron chi connectivity index (χ1n) is 9.76. The highest BCUT2D eigenvalue weighted by molar-refractivity contribution is 8.00. The van der Waals surface area contributed by atoms with Crippen LogP contribution in [0.4, 0.5) is 0 Å². The number of nitrogens with zero attached hydrogens (tertiary/aromatic N) is 2. The number of hydrogen-bond acceptors (Lipinski definition) is 7. The molecule has 0 aliphatic carbocycles. The van der Waals surface area contributed by atoms with Crippen molar-refractivity contribution < 1.29 is 19.1 Å². The van der Waals surface area contributed by atoms with Gasteiger partial charge in [-0.25, -0.2) is 9.59 Å². The Hall–Kier alpha value is -3.23. The topological polar surface area (TPSA) is 87.5 Å². The van der Waals surface area contributed by atoms with Crippen molar-refractivity contribution in [3.63, 3.8) is 0 Å². The van der Waals surface area contributed by atoms with Crippen molar-refractivity contribution in [1.29, 1.82) is 0 Å². The minimum absolute atomic E-state index is 0.0620. The van der Waals surface area contributed by atoms with Gasteiger partial charge in [0.05, 0.1) is 24.3 Å². The third-order valence-corrected chi connectivity index (χ3v) is 5.98. The second-order valence-corrected chi connectivity index (χ2v) is 8.23. The van der Waals surface area contributed by atoms with E-state index in [9.17, 15) is 14.4 Å². The van der Waals surface area contributed by atoms with Crippen molar-refractivity contribution in [3.8, 4) is 0 Å². The van der Waals surface area contributed by atoms with Crippen molar-refractivity contribution in [1.82, 2.24) is 9.55 Å². The van der Waals surface area contributed by atoms with Gasteiger partial charge in [-0.15, -0.1) is 0 Å². The molecule has 0 unspecified atom stereocenters. The van der Waals surface area contributed by atoms with E-state index in [2.05, 4.69) is 4.98 Å². The van der Waals surface area contributed by atoms with Crippen molar-refractivity contribution in [2.45, 2.75) is 17.2 Å². The molecule has 0 N–H and O–H groups in total. The predicted octanol–water partition coefficient (Wildman–Crippen LogP) is 3.11. The van der Waals surface area contributed by atoms with Crippen LogP contribution < -0.4 is 5.69 Å². The molecule has 0 radical (unpaired) electrons. The molecule has 2 heterocycles. The van der Waals surface area contributed by atoms with Gasteiger partial charge < -0.3 is 9.47 Å². The van der Waals surface area contributed by atoms with Crippen LogP contribution in [0.25, 0.3) is 0 Å². The maximum atomic E-state index is 12.5. The van der Waals surface area contributed by atoms with Crippen molar-refractivity contribution in [2.75, 3.05) is 13.2 Å². The highest BCUT2D eigenvalue weighted by Gasteiger charge is 2.29. The lowest BCUT2D eigenvalue weighted by Gasteiger charge is -2.12. The Bertz CT molecular complexity index is 1120. The van der Waals surface area contributed by atoms with Gasteiger partial charge in [-0.1, -0.05) is 60.3 Å². The third-order valence-electron chi connectivity index (χ3n) is 4.73. The highest BCUT2D eigenvalue weighted by Crippen LogP contribution is 2.34. The number of ether oxygens (including phenoxy) is 2. The van der Waals surface area contributed by atoms with Crippen molar-refractivity contribution in [2.24, 2.45) is 0 Å². The van der Waals surface area contributed by atoms with Gasteiger partial charge in [0.1, 0.15) is 17.4 Å². The summed E-state index contributed by atoms with van der Waals surface area (Å²) in [5.74, 6) is -0.511. The summed E-state index contributed by atoms with van der Waals surface area (Å²) in [5.41, 5.74) is 0.668. The Balaban J connectivity index is 1.33. The summed E-state index contributed by atoms with van der Waals surface area (Å²) in [7, 11) is 0. The van der Waals surface area contributed by atoms with Crippen LogP contribution in [-0.4, -0.2) is 40.0 Å². The normalized spacial score (nSPS) is 17.9. The van der Waals surface area contributed by atoms with Crippen molar-refractivity contribution in [3.05, 3.63) is 100 Å². The molecule has 3 aromatic rings. The fourth-order valence-electron chi connectivity index (χ4n) is 3.13. The Kier molecular flexibility index (Phi) is 6.59. The molecule has 1 saturated heterocycles. The molecule has 1 aliphatic rings. The van der Waals surface area contributed by atoms with Gasteiger partial charge in [-0.3, -0.25) is 9.36 Å². The zero-order chi connectivity index (χ0) is 21.6. The monoisotopic (exact) mass is 436 g/mol. The number of Topliss-reactive ketones (excluding diaryl/α,β-unsaturated/α-hetero) is 1. The number of ketones is 1. The van der Waals surface area contributed by atoms with E-state index in [1.807, 2.05) is 12.1 Å². The lowest BCUT2D eigenvalue weighted by Crippen LogP contribution is -2.27. The quantitative estimate of drug-likeness (QED) is 0.415. The Morgan fingerprint density at radius 1 is 1.03 bits per heavy atom. The largest absolute Gasteiger partial charge is 0.458 e. The van der Waals surface area contributed by atoms with E-state index in [1.54, 1.807) is 60.8 Å². The van der Waals surface area contributed by atoms with Gasteiger partial charge in [-0.05, 0) is 18.2 Å². The van der Waals surface area contributed by atoms with E-state index in [4.69, 9.17) is 9.47 Å². The number of aromatic nitrogens is 2. The van der Waals surface area contributed by atoms with Crippen LogP contribution in [0.15, 0.2) is 77.7 Å². The number of carbonyl (C=O) groups excluding carboxylic acids is 2. The minimum atomic E-state index is -0.443. The first kappa shape index (κ1) is 21.0. The molecular weight excluding hydrogens is 416 g/mol. The van der Waals surface area contributed by atoms with E-state index in [0.717, 1.165) is 0 Å². The smallest absolute Gasteiger partial charge is 0.348 e. The van der Waals surface area contributed by atoms with Crippen molar-refractivity contribution >= 4 is 23.5 Å². The van der Waals surface area contributed by atoms with E-state index in [0.29, 0.717) is 23.4 Å². The van der Waals surface area contributed by atoms with Gasteiger partial charge in [0.2, 0.25) is 0 Å². The molecule has 7 nitrogen and oxygen atoms in total. The Morgan fingerprint density at radius 2 is 1.71 bits per heavy atom. The molecule has 31 heavy (non-hydrogen) atoms. The summed E-state index contributed by atoms with van der Waals surface area (Å²) in [6.07, 6.45) is 1.69. The molecule has 158 valence electrons. The number of thioether (sulfide) groups is 1. The van der Waals surface area contributed by atoms with Gasteiger partial charge in [-0.2, -0.15) is 4.98 Å². The lowest BCUT2D eigenvalue weighted by molar-refractivity contribution is 0.0273. The maximum absolute atomic E-state index is 12.5.